The van der Waals surface area contributed by atoms with Gasteiger partial charge in [0.25, 0.3) is 0 Å². The van der Waals surface area contributed by atoms with Crippen molar-refractivity contribution in [2.45, 2.75) is 77.6 Å². The molecule has 0 aliphatic carbocycles. The van der Waals surface area contributed by atoms with Gasteiger partial charge in [0.2, 0.25) is 0 Å². The van der Waals surface area contributed by atoms with Gasteiger partial charge in [0, 0.05) is 0 Å². The van der Waals surface area contributed by atoms with Gasteiger partial charge in [-0.15, -0.1) is 0 Å². The van der Waals surface area contributed by atoms with E-state index in [4.69, 9.17) is 0 Å². The maximum Gasteiger partial charge on any atom is -0.0171 e. The van der Waals surface area contributed by atoms with Gasteiger partial charge in [-0.2, -0.15) is 0 Å². The van der Waals surface area contributed by atoms with Crippen molar-refractivity contribution in [2.75, 3.05) is 0 Å². The largest absolute Gasteiger partial charge is 0.0654 e. The van der Waals surface area contributed by atoms with Gasteiger partial charge in [0.05, 0.1) is 0 Å². The molecule has 4 aromatic carbocycles. The Kier molecular flexibility index (Phi) is 8.37. The fraction of sp³-hybridized carbons (Fsp3) is 0.375. The van der Waals surface area contributed by atoms with Crippen LogP contribution < -0.4 is 0 Å². The molecule has 0 amide bonds. The van der Waals surface area contributed by atoms with E-state index in [1.54, 1.807) is 0 Å². The van der Waals surface area contributed by atoms with Crippen molar-refractivity contribution in [1.82, 2.24) is 0 Å². The predicted molar refractivity (Wildman–Crippen MR) is 142 cm³/mol. The minimum absolute atomic E-state index is 1.21. The van der Waals surface area contributed by atoms with Crippen molar-refractivity contribution in [1.29, 1.82) is 0 Å². The Bertz CT molecular complexity index is 1100. The van der Waals surface area contributed by atoms with Crippen LogP contribution in [0.5, 0.6) is 0 Å². The molecule has 0 fully saturated rings. The van der Waals surface area contributed by atoms with Crippen LogP contribution in [0.15, 0.2) is 78.9 Å². The Morgan fingerprint density at radius 1 is 0.438 bits per heavy atom. The van der Waals surface area contributed by atoms with Gasteiger partial charge in [-0.25, -0.2) is 0 Å². The van der Waals surface area contributed by atoms with E-state index in [1.807, 2.05) is 0 Å². The summed E-state index contributed by atoms with van der Waals surface area (Å²) in [6.45, 7) is 2.29. The van der Waals surface area contributed by atoms with E-state index in [0.717, 1.165) is 0 Å². The van der Waals surface area contributed by atoms with Crippen molar-refractivity contribution < 1.29 is 0 Å². The van der Waals surface area contributed by atoms with Gasteiger partial charge in [-0.3, -0.25) is 0 Å². The van der Waals surface area contributed by atoms with Crippen LogP contribution in [0.1, 0.15) is 76.7 Å². The molecule has 32 heavy (non-hydrogen) atoms. The van der Waals surface area contributed by atoms with E-state index in [0.29, 0.717) is 0 Å². The molecule has 0 bridgehead atoms. The van der Waals surface area contributed by atoms with Gasteiger partial charge in [-0.05, 0) is 69.3 Å². The quantitative estimate of drug-likeness (QED) is 0.157. The number of unbranched alkanes of at least 4 members (excludes halogenated alkanes) is 9. The smallest absolute Gasteiger partial charge is 0.0171 e. The van der Waals surface area contributed by atoms with Crippen molar-refractivity contribution >= 4 is 21.5 Å². The van der Waals surface area contributed by atoms with Crippen LogP contribution in [0.4, 0.5) is 0 Å². The number of hydrogen-bond donors (Lipinski definition) is 0. The van der Waals surface area contributed by atoms with E-state index < -0.39 is 0 Å². The number of aryl methyl sites for hydroxylation is 1. The molecule has 0 nitrogen and oxygen atoms in total. The predicted octanol–water partition coefficient (Wildman–Crippen LogP) is 10.1. The molecule has 0 heterocycles. The summed E-state index contributed by atoms with van der Waals surface area (Å²) >= 11 is 0. The van der Waals surface area contributed by atoms with Gasteiger partial charge < -0.3 is 0 Å². The highest BCUT2D eigenvalue weighted by atomic mass is 14.1. The third kappa shape index (κ3) is 6.22. The van der Waals surface area contributed by atoms with E-state index in [9.17, 15) is 0 Å². The van der Waals surface area contributed by atoms with Crippen LogP contribution in [-0.4, -0.2) is 0 Å². The molecule has 0 aliphatic rings. The minimum atomic E-state index is 1.21. The standard InChI is InChI=1S/C32H38/c1-2-3-4-5-6-7-8-9-10-11-14-26-17-19-27(20-18-26)30-21-22-31-23-28-15-12-13-16-29(28)24-32(31)25-30/h12-13,15-25H,2-11,14H2,1H3. The zero-order chi connectivity index (χ0) is 22.0. The summed E-state index contributed by atoms with van der Waals surface area (Å²) in [5.41, 5.74) is 4.09. The molecule has 0 atom stereocenters. The van der Waals surface area contributed by atoms with E-state index >= 15 is 0 Å². The second kappa shape index (κ2) is 11.9. The molecule has 0 N–H and O–H groups in total. The molecule has 0 radical (unpaired) electrons. The first kappa shape index (κ1) is 22.6. The first-order valence-electron chi connectivity index (χ1n) is 12.9. The van der Waals surface area contributed by atoms with E-state index in [1.165, 1.54) is 109 Å². The minimum Gasteiger partial charge on any atom is -0.0654 e. The molecule has 4 aromatic rings. The molecule has 0 aliphatic heterocycles. The summed E-state index contributed by atoms with van der Waals surface area (Å²) in [7, 11) is 0. The van der Waals surface area contributed by atoms with Crippen molar-refractivity contribution in [3.05, 3.63) is 84.4 Å². The summed E-state index contributed by atoms with van der Waals surface area (Å²) < 4.78 is 0. The van der Waals surface area contributed by atoms with Crippen LogP contribution in [0.3, 0.4) is 0 Å². The first-order chi connectivity index (χ1) is 15.8. The molecule has 0 heteroatoms. The highest BCUT2D eigenvalue weighted by Crippen LogP contribution is 2.28. The summed E-state index contributed by atoms with van der Waals surface area (Å²) in [4.78, 5) is 0. The maximum atomic E-state index is 2.33. The Morgan fingerprint density at radius 3 is 1.62 bits per heavy atom. The van der Waals surface area contributed by atoms with E-state index in [-0.39, 0.29) is 0 Å². The van der Waals surface area contributed by atoms with Crippen molar-refractivity contribution in [2.24, 2.45) is 0 Å². The molecule has 0 aromatic heterocycles. The van der Waals surface area contributed by atoms with Gasteiger partial charge in [0.1, 0.15) is 0 Å². The fourth-order valence-corrected chi connectivity index (χ4v) is 4.80. The maximum absolute atomic E-state index is 2.33. The number of benzene rings is 4. The van der Waals surface area contributed by atoms with Gasteiger partial charge >= 0.3 is 0 Å². The van der Waals surface area contributed by atoms with Crippen molar-refractivity contribution in [3.8, 4) is 11.1 Å². The third-order valence-corrected chi connectivity index (χ3v) is 6.81. The Morgan fingerprint density at radius 2 is 0.969 bits per heavy atom. The first-order valence-corrected chi connectivity index (χ1v) is 12.9. The number of rotatable bonds is 12. The van der Waals surface area contributed by atoms with Gasteiger partial charge in [-0.1, -0.05) is 125 Å². The van der Waals surface area contributed by atoms with Crippen LogP contribution in [0.25, 0.3) is 32.7 Å². The third-order valence-electron chi connectivity index (χ3n) is 6.81. The second-order valence-corrected chi connectivity index (χ2v) is 9.39. The van der Waals surface area contributed by atoms with E-state index in [2.05, 4.69) is 85.8 Å². The Labute approximate surface area is 194 Å². The molecule has 166 valence electrons. The second-order valence-electron chi connectivity index (χ2n) is 9.39. The van der Waals surface area contributed by atoms with Gasteiger partial charge in [0.15, 0.2) is 0 Å². The molecular weight excluding hydrogens is 384 g/mol. The topological polar surface area (TPSA) is 0 Å². The fourth-order valence-electron chi connectivity index (χ4n) is 4.80. The molecular formula is C32H38. The summed E-state index contributed by atoms with van der Waals surface area (Å²) in [6, 6.07) is 29.3. The van der Waals surface area contributed by atoms with Crippen LogP contribution in [-0.2, 0) is 6.42 Å². The normalized spacial score (nSPS) is 11.4. The average Bonchev–Trinajstić information content (AvgIpc) is 2.84. The summed E-state index contributed by atoms with van der Waals surface area (Å²) in [6.07, 6.45) is 15.2. The number of fused-ring (bicyclic) bond motifs is 2. The zero-order valence-corrected chi connectivity index (χ0v) is 19.8. The lowest BCUT2D eigenvalue weighted by Gasteiger charge is -2.08. The highest BCUT2D eigenvalue weighted by molar-refractivity contribution is 5.99. The average molecular weight is 423 g/mol. The molecule has 0 spiro atoms. The van der Waals surface area contributed by atoms with Crippen LogP contribution >= 0.6 is 0 Å². The van der Waals surface area contributed by atoms with Crippen LogP contribution in [0, 0.1) is 0 Å². The molecule has 0 unspecified atom stereocenters. The molecule has 4 rings (SSSR count). The lowest BCUT2D eigenvalue weighted by atomic mass is 9.97. The monoisotopic (exact) mass is 422 g/mol. The zero-order valence-electron chi connectivity index (χ0n) is 19.8. The van der Waals surface area contributed by atoms with Crippen LogP contribution in [0.2, 0.25) is 0 Å². The summed E-state index contributed by atoms with van der Waals surface area (Å²) in [5.74, 6) is 0. The lowest BCUT2D eigenvalue weighted by molar-refractivity contribution is 0.556. The molecule has 0 saturated carbocycles. The molecule has 0 saturated heterocycles. The van der Waals surface area contributed by atoms with Crippen molar-refractivity contribution in [3.63, 3.8) is 0 Å². The highest BCUT2D eigenvalue weighted by Gasteiger charge is 2.03. The summed E-state index contributed by atoms with van der Waals surface area (Å²) in [5, 5.41) is 5.24. The SMILES string of the molecule is CCCCCCCCCCCCc1ccc(-c2ccc3cc4ccccc4cc3c2)cc1. The Balaban J connectivity index is 1.26. The lowest BCUT2D eigenvalue weighted by Crippen LogP contribution is -1.87. The number of hydrogen-bond acceptors (Lipinski definition) is 0. The Hall–Kier alpha value is -2.60.